The van der Waals surface area contributed by atoms with Gasteiger partial charge in [0, 0.05) is 12.1 Å². The Labute approximate surface area is 139 Å². The zero-order valence-electron chi connectivity index (χ0n) is 11.7. The van der Waals surface area contributed by atoms with Gasteiger partial charge in [-0.15, -0.1) is 0 Å². The number of fused-ring (bicyclic) bond motifs is 1. The number of imide groups is 2. The number of carbonyl (C=O) groups excluding carboxylic acids is 4. The number of rotatable bonds is 3. The Bertz CT molecular complexity index is 733. The third kappa shape index (κ3) is 2.73. The van der Waals surface area contributed by atoms with Crippen LogP contribution in [0.4, 0.5) is 5.69 Å². The summed E-state index contributed by atoms with van der Waals surface area (Å²) in [5.41, 5.74) is 0.784. The molecular weight excluding hydrogens is 370 g/mol. The van der Waals surface area contributed by atoms with Crippen LogP contribution in [0.3, 0.4) is 0 Å². The molecule has 120 valence electrons. The SMILES string of the molecule is O=C1CCC(N2C(=O)c3ccc(NC(O)Br)cc3C2=O)C(=O)N1. The van der Waals surface area contributed by atoms with Gasteiger partial charge >= 0.3 is 0 Å². The average Bonchev–Trinajstić information content (AvgIpc) is 2.71. The Morgan fingerprint density at radius 3 is 2.57 bits per heavy atom. The minimum absolute atomic E-state index is 0.0758. The van der Waals surface area contributed by atoms with Crippen molar-refractivity contribution >= 4 is 45.2 Å². The molecule has 0 bridgehead atoms. The summed E-state index contributed by atoms with van der Waals surface area (Å²) in [6, 6.07) is 3.45. The monoisotopic (exact) mass is 381 g/mol. The zero-order valence-corrected chi connectivity index (χ0v) is 13.3. The van der Waals surface area contributed by atoms with Crippen molar-refractivity contribution in [1.29, 1.82) is 0 Å². The molecule has 9 heteroatoms. The third-order valence-electron chi connectivity index (χ3n) is 3.73. The lowest BCUT2D eigenvalue weighted by atomic mass is 10.0. The van der Waals surface area contributed by atoms with Crippen LogP contribution >= 0.6 is 15.9 Å². The van der Waals surface area contributed by atoms with Gasteiger partial charge in [-0.2, -0.15) is 0 Å². The first kappa shape index (κ1) is 15.6. The molecule has 2 aliphatic heterocycles. The number of amides is 4. The number of aliphatic hydroxyl groups is 1. The van der Waals surface area contributed by atoms with Crippen molar-refractivity contribution in [3.05, 3.63) is 29.3 Å². The summed E-state index contributed by atoms with van der Waals surface area (Å²) < 4.78 is 0. The molecule has 0 aromatic heterocycles. The highest BCUT2D eigenvalue weighted by atomic mass is 79.9. The summed E-state index contributed by atoms with van der Waals surface area (Å²) in [5.74, 6) is -2.22. The fourth-order valence-electron chi connectivity index (χ4n) is 2.70. The van der Waals surface area contributed by atoms with Gasteiger partial charge in [0.05, 0.1) is 11.1 Å². The predicted molar refractivity (Wildman–Crippen MR) is 81.7 cm³/mol. The highest BCUT2D eigenvalue weighted by molar-refractivity contribution is 9.09. The van der Waals surface area contributed by atoms with Crippen LogP contribution in [0.25, 0.3) is 0 Å². The Morgan fingerprint density at radius 2 is 1.91 bits per heavy atom. The van der Waals surface area contributed by atoms with Gasteiger partial charge in [-0.25, -0.2) is 0 Å². The maximum absolute atomic E-state index is 12.5. The Morgan fingerprint density at radius 1 is 1.22 bits per heavy atom. The lowest BCUT2D eigenvalue weighted by Gasteiger charge is -2.27. The van der Waals surface area contributed by atoms with E-state index in [1.54, 1.807) is 6.07 Å². The topological polar surface area (TPSA) is 116 Å². The molecule has 2 aliphatic rings. The summed E-state index contributed by atoms with van der Waals surface area (Å²) in [4.78, 5) is 48.9. The molecule has 3 rings (SSSR count). The molecule has 1 aromatic rings. The van der Waals surface area contributed by atoms with Gasteiger partial charge in [-0.1, -0.05) is 0 Å². The molecule has 0 aliphatic carbocycles. The fraction of sp³-hybridized carbons (Fsp3) is 0.286. The Hall–Kier alpha value is -2.26. The first-order valence-electron chi connectivity index (χ1n) is 6.83. The van der Waals surface area contributed by atoms with Crippen molar-refractivity contribution in [3.8, 4) is 0 Å². The molecule has 2 unspecified atom stereocenters. The van der Waals surface area contributed by atoms with Gasteiger partial charge in [0.2, 0.25) is 11.8 Å². The first-order chi connectivity index (χ1) is 10.9. The fourth-order valence-corrected chi connectivity index (χ4v) is 2.96. The van der Waals surface area contributed by atoms with Gasteiger partial charge in [-0.3, -0.25) is 29.4 Å². The zero-order chi connectivity index (χ0) is 16.7. The van der Waals surface area contributed by atoms with E-state index in [4.69, 9.17) is 0 Å². The molecule has 2 heterocycles. The second kappa shape index (κ2) is 5.74. The molecule has 23 heavy (non-hydrogen) atoms. The molecule has 1 fully saturated rings. The van der Waals surface area contributed by atoms with E-state index in [0.717, 1.165) is 4.90 Å². The number of benzene rings is 1. The maximum Gasteiger partial charge on any atom is 0.262 e. The van der Waals surface area contributed by atoms with Crippen LogP contribution in [0, 0.1) is 0 Å². The highest BCUT2D eigenvalue weighted by Gasteiger charge is 2.44. The van der Waals surface area contributed by atoms with E-state index in [0.29, 0.717) is 5.69 Å². The number of aliphatic hydroxyl groups excluding tert-OH is 1. The Balaban J connectivity index is 1.91. The van der Waals surface area contributed by atoms with Gasteiger partial charge < -0.3 is 10.4 Å². The number of alkyl halides is 1. The summed E-state index contributed by atoms with van der Waals surface area (Å²) >= 11 is 2.90. The van der Waals surface area contributed by atoms with Gasteiger partial charge in [0.25, 0.3) is 11.8 Å². The molecule has 0 spiro atoms. The van der Waals surface area contributed by atoms with Gasteiger partial charge in [-0.05, 0) is 40.5 Å². The third-order valence-corrected chi connectivity index (χ3v) is 3.95. The molecule has 0 radical (unpaired) electrons. The van der Waals surface area contributed by atoms with E-state index in [-0.39, 0.29) is 24.0 Å². The van der Waals surface area contributed by atoms with Crippen LogP contribution in [-0.4, -0.2) is 44.8 Å². The maximum atomic E-state index is 12.5. The average molecular weight is 382 g/mol. The number of hydrogen-bond donors (Lipinski definition) is 3. The summed E-state index contributed by atoms with van der Waals surface area (Å²) in [6.07, 6.45) is 0.188. The lowest BCUT2D eigenvalue weighted by Crippen LogP contribution is -2.54. The smallest absolute Gasteiger partial charge is 0.262 e. The van der Waals surface area contributed by atoms with Crippen LogP contribution < -0.4 is 10.6 Å². The summed E-state index contributed by atoms with van der Waals surface area (Å²) in [6.45, 7) is 0. The number of halogens is 1. The molecule has 8 nitrogen and oxygen atoms in total. The van der Waals surface area contributed by atoms with Crippen molar-refractivity contribution in [2.45, 2.75) is 24.0 Å². The number of nitrogens with one attached hydrogen (secondary N) is 2. The van der Waals surface area contributed by atoms with Crippen molar-refractivity contribution in [3.63, 3.8) is 0 Å². The number of hydrogen-bond acceptors (Lipinski definition) is 6. The molecule has 2 atom stereocenters. The minimum Gasteiger partial charge on any atom is -0.364 e. The summed E-state index contributed by atoms with van der Waals surface area (Å²) in [5, 5.41) is 13.0. The largest absolute Gasteiger partial charge is 0.364 e. The van der Waals surface area contributed by atoms with Crippen LogP contribution in [0.15, 0.2) is 18.2 Å². The number of anilines is 1. The predicted octanol–water partition coefficient (Wildman–Crippen LogP) is 0.171. The van der Waals surface area contributed by atoms with Crippen molar-refractivity contribution in [2.24, 2.45) is 0 Å². The van der Waals surface area contributed by atoms with E-state index < -0.39 is 34.8 Å². The lowest BCUT2D eigenvalue weighted by molar-refractivity contribution is -0.136. The van der Waals surface area contributed by atoms with Crippen LogP contribution in [0.2, 0.25) is 0 Å². The number of nitrogens with zero attached hydrogens (tertiary/aromatic N) is 1. The second-order valence-corrected chi connectivity index (χ2v) is 6.06. The molecule has 0 saturated carbocycles. The summed E-state index contributed by atoms with van der Waals surface area (Å²) in [7, 11) is 0. The normalized spacial score (nSPS) is 22.0. The van der Waals surface area contributed by atoms with Crippen molar-refractivity contribution < 1.29 is 24.3 Å². The highest BCUT2D eigenvalue weighted by Crippen LogP contribution is 2.29. The van der Waals surface area contributed by atoms with E-state index in [2.05, 4.69) is 26.6 Å². The van der Waals surface area contributed by atoms with E-state index in [9.17, 15) is 24.3 Å². The molecular formula is C14H12BrN3O5. The quantitative estimate of drug-likeness (QED) is 0.297. The van der Waals surface area contributed by atoms with E-state index >= 15 is 0 Å². The van der Waals surface area contributed by atoms with E-state index in [1.807, 2.05) is 0 Å². The number of piperidine rings is 1. The van der Waals surface area contributed by atoms with Crippen LogP contribution in [0.5, 0.6) is 0 Å². The van der Waals surface area contributed by atoms with Gasteiger partial charge in [0.1, 0.15) is 6.04 Å². The van der Waals surface area contributed by atoms with Crippen molar-refractivity contribution in [2.75, 3.05) is 5.32 Å². The molecule has 1 aromatic carbocycles. The standard InChI is InChI=1S/C14H12BrN3O5/c15-14(23)16-6-1-2-7-8(5-6)13(22)18(12(7)21)9-3-4-10(19)17-11(9)20/h1-2,5,9,14,16,23H,3-4H2,(H,17,19,20). The van der Waals surface area contributed by atoms with E-state index in [1.165, 1.54) is 12.1 Å². The first-order valence-corrected chi connectivity index (χ1v) is 7.74. The second-order valence-electron chi connectivity index (χ2n) is 5.19. The molecule has 4 amide bonds. The molecule has 1 saturated heterocycles. The van der Waals surface area contributed by atoms with Crippen LogP contribution in [0.1, 0.15) is 33.6 Å². The Kier molecular flexibility index (Phi) is 3.90. The van der Waals surface area contributed by atoms with Crippen LogP contribution in [-0.2, 0) is 9.59 Å². The van der Waals surface area contributed by atoms with Crippen molar-refractivity contribution in [1.82, 2.24) is 10.2 Å². The molecule has 3 N–H and O–H groups in total. The van der Waals surface area contributed by atoms with Gasteiger partial charge in [0.15, 0.2) is 5.14 Å². The minimum atomic E-state index is -1.00. The number of carbonyl (C=O) groups is 4.